The summed E-state index contributed by atoms with van der Waals surface area (Å²) in [6.07, 6.45) is 0. The number of hydrogen-bond acceptors (Lipinski definition) is 5. The molecular weight excluding hydrogens is 269 g/mol. The summed E-state index contributed by atoms with van der Waals surface area (Å²) in [6.45, 7) is -0.250. The molecule has 15 heavy (non-hydrogen) atoms. The number of phosphoric acid groups is 2. The van der Waals surface area contributed by atoms with Gasteiger partial charge in [-0.25, -0.2) is 4.57 Å². The molecule has 0 aromatic rings. The first-order valence-electron chi connectivity index (χ1n) is 2.68. The Kier molecular flexibility index (Phi) is 22.1. The molecule has 0 heterocycles. The smallest absolute Gasteiger partial charge is 0.756 e. The fourth-order valence-corrected chi connectivity index (χ4v) is 0. The summed E-state index contributed by atoms with van der Waals surface area (Å²) in [5.74, 6) is 0. The van der Waals surface area contributed by atoms with E-state index in [2.05, 4.69) is 0 Å². The van der Waals surface area contributed by atoms with Gasteiger partial charge >= 0.3 is 37.4 Å². The van der Waals surface area contributed by atoms with Crippen molar-refractivity contribution in [3.63, 3.8) is 0 Å². The summed E-state index contributed by atoms with van der Waals surface area (Å²) in [5, 5.41) is 15.2. The van der Waals surface area contributed by atoms with Gasteiger partial charge in [0.05, 0.1) is 13.2 Å². The third-order valence-electron chi connectivity index (χ3n) is 0.1000. The van der Waals surface area contributed by atoms with Crippen molar-refractivity contribution in [2.24, 2.45) is 0 Å². The zero-order chi connectivity index (χ0) is 12.4. The largest absolute Gasteiger partial charge is 1.00 e. The molecule has 90 valence electrons. The van der Waals surface area contributed by atoms with Crippen molar-refractivity contribution in [3.8, 4) is 0 Å². The topological polar surface area (TPSA) is 199 Å². The van der Waals surface area contributed by atoms with Crippen LogP contribution in [-0.4, -0.2) is 47.9 Å². The summed E-state index contributed by atoms with van der Waals surface area (Å²) >= 11 is 0. The first-order chi connectivity index (χ1) is 5.91. The van der Waals surface area contributed by atoms with E-state index in [1.807, 2.05) is 0 Å². The fourth-order valence-electron chi connectivity index (χ4n) is 0. The number of aliphatic hydroxyl groups is 2. The van der Waals surface area contributed by atoms with Crippen LogP contribution in [0.2, 0.25) is 0 Å². The van der Waals surface area contributed by atoms with E-state index in [1.54, 1.807) is 0 Å². The molecule has 7 N–H and O–H groups in total. The van der Waals surface area contributed by atoms with Gasteiger partial charge in [0.2, 0.25) is 0 Å². The molecule has 0 amide bonds. The molecular formula is C2H11NaO10P2. The van der Waals surface area contributed by atoms with Gasteiger partial charge in [-0.05, 0) is 0 Å². The Hall–Kier alpha value is 1.14. The second-order valence-corrected chi connectivity index (χ2v) is 3.46. The second-order valence-electron chi connectivity index (χ2n) is 1.45. The summed E-state index contributed by atoms with van der Waals surface area (Å²) in [7, 11) is -9.53. The minimum atomic E-state index is -4.89. The van der Waals surface area contributed by atoms with Gasteiger partial charge in [-0.3, -0.25) is 4.57 Å². The van der Waals surface area contributed by atoms with Crippen LogP contribution in [0.1, 0.15) is 0 Å². The van der Waals surface area contributed by atoms with Gasteiger partial charge < -0.3 is 39.6 Å². The zero-order valence-corrected chi connectivity index (χ0v) is 11.5. The maximum absolute atomic E-state index is 8.88. The third-order valence-corrected chi connectivity index (χ3v) is 0.1000. The molecule has 0 aliphatic heterocycles. The minimum absolute atomic E-state index is 0. The van der Waals surface area contributed by atoms with Crippen molar-refractivity contribution in [2.75, 3.05) is 13.2 Å². The van der Waals surface area contributed by atoms with E-state index in [1.165, 1.54) is 0 Å². The SMILES string of the molecule is O=P(O)(O)O.O=P([O-])(O)O.OCCO.[Na+]. The second kappa shape index (κ2) is 13.2. The van der Waals surface area contributed by atoms with Gasteiger partial charge in [0.1, 0.15) is 0 Å². The Morgan fingerprint density at radius 3 is 0.933 bits per heavy atom. The van der Waals surface area contributed by atoms with Crippen LogP contribution in [0.5, 0.6) is 0 Å². The molecule has 0 aliphatic carbocycles. The predicted octanol–water partition coefficient (Wildman–Crippen LogP) is -6.51. The van der Waals surface area contributed by atoms with Crippen LogP contribution >= 0.6 is 15.6 Å². The fraction of sp³-hybridized carbons (Fsp3) is 1.00. The molecule has 0 radical (unpaired) electrons. The van der Waals surface area contributed by atoms with Crippen molar-refractivity contribution >= 4 is 15.6 Å². The van der Waals surface area contributed by atoms with E-state index in [-0.39, 0.29) is 42.8 Å². The maximum atomic E-state index is 8.88. The molecule has 0 rings (SSSR count). The van der Waals surface area contributed by atoms with E-state index in [0.29, 0.717) is 0 Å². The molecule has 0 fully saturated rings. The normalized spacial score (nSPS) is 9.87. The van der Waals surface area contributed by atoms with Crippen molar-refractivity contribution < 1.29 is 78.3 Å². The monoisotopic (exact) mass is 280 g/mol. The first kappa shape index (κ1) is 25.1. The van der Waals surface area contributed by atoms with E-state index in [0.717, 1.165) is 0 Å². The molecule has 0 atom stereocenters. The van der Waals surface area contributed by atoms with Crippen LogP contribution in [0, 0.1) is 0 Å². The standard InChI is InChI=1S/C2H6O2.Na.2H3O4P/c3-1-2-4;;2*1-5(2,3)4/h3-4H,1-2H2;;2*(H3,1,2,3,4)/q;+1;;/p-1. The van der Waals surface area contributed by atoms with Crippen LogP contribution in [0.25, 0.3) is 0 Å². The third kappa shape index (κ3) is 571. The average molecular weight is 280 g/mol. The Morgan fingerprint density at radius 2 is 0.933 bits per heavy atom. The predicted molar refractivity (Wildman–Crippen MR) is 40.5 cm³/mol. The summed E-state index contributed by atoms with van der Waals surface area (Å²) in [6, 6.07) is 0. The molecule has 10 nitrogen and oxygen atoms in total. The van der Waals surface area contributed by atoms with Crippen LogP contribution in [0.3, 0.4) is 0 Å². The van der Waals surface area contributed by atoms with Crippen LogP contribution in [0.4, 0.5) is 0 Å². The number of rotatable bonds is 1. The van der Waals surface area contributed by atoms with Crippen LogP contribution in [0.15, 0.2) is 0 Å². The molecule has 0 unspecified atom stereocenters. The summed E-state index contributed by atoms with van der Waals surface area (Å²) in [4.78, 5) is 44.5. The van der Waals surface area contributed by atoms with E-state index < -0.39 is 15.6 Å². The Labute approximate surface area is 107 Å². The van der Waals surface area contributed by atoms with Gasteiger partial charge in [0.25, 0.3) is 7.82 Å². The van der Waals surface area contributed by atoms with E-state index in [9.17, 15) is 0 Å². The van der Waals surface area contributed by atoms with Gasteiger partial charge in [-0.1, -0.05) is 0 Å². The molecule has 0 spiro atoms. The first-order valence-corrected chi connectivity index (χ1v) is 5.78. The Balaban J connectivity index is -0.0000000590. The zero-order valence-electron chi connectivity index (χ0n) is 7.66. The van der Waals surface area contributed by atoms with E-state index in [4.69, 9.17) is 48.7 Å². The van der Waals surface area contributed by atoms with Crippen molar-refractivity contribution in [3.05, 3.63) is 0 Å². The number of hydrogen-bond donors (Lipinski definition) is 7. The molecule has 0 saturated carbocycles. The van der Waals surface area contributed by atoms with Crippen molar-refractivity contribution in [2.45, 2.75) is 0 Å². The summed E-state index contributed by atoms with van der Waals surface area (Å²) in [5.41, 5.74) is 0. The minimum Gasteiger partial charge on any atom is -0.756 e. The van der Waals surface area contributed by atoms with Crippen molar-refractivity contribution in [1.29, 1.82) is 0 Å². The number of aliphatic hydroxyl groups excluding tert-OH is 2. The molecule has 0 bridgehead atoms. The molecule has 0 saturated heterocycles. The van der Waals surface area contributed by atoms with E-state index >= 15 is 0 Å². The molecule has 0 aliphatic rings. The Bertz CT molecular complexity index is 155. The van der Waals surface area contributed by atoms with Gasteiger partial charge in [0, 0.05) is 0 Å². The van der Waals surface area contributed by atoms with Gasteiger partial charge in [-0.15, -0.1) is 0 Å². The van der Waals surface area contributed by atoms with Crippen molar-refractivity contribution in [1.82, 2.24) is 0 Å². The summed E-state index contributed by atoms with van der Waals surface area (Å²) < 4.78 is 17.7. The van der Waals surface area contributed by atoms with Gasteiger partial charge in [0.15, 0.2) is 0 Å². The molecule has 13 heteroatoms. The van der Waals surface area contributed by atoms with Crippen LogP contribution < -0.4 is 34.5 Å². The molecule has 0 aromatic heterocycles. The van der Waals surface area contributed by atoms with Gasteiger partial charge in [-0.2, -0.15) is 0 Å². The maximum Gasteiger partial charge on any atom is 1.00 e. The van der Waals surface area contributed by atoms with Crippen LogP contribution in [-0.2, 0) is 9.13 Å². The average Bonchev–Trinajstić information content (AvgIpc) is 1.79. The quantitative estimate of drug-likeness (QED) is 0.179. The Morgan fingerprint density at radius 1 is 0.867 bits per heavy atom. The molecule has 0 aromatic carbocycles.